The summed E-state index contributed by atoms with van der Waals surface area (Å²) in [4.78, 5) is 2.20. The van der Waals surface area contributed by atoms with E-state index in [1.807, 2.05) is 0 Å². The second-order valence-electron chi connectivity index (χ2n) is 6.83. The fourth-order valence-electron chi connectivity index (χ4n) is 3.38. The predicted molar refractivity (Wildman–Crippen MR) is 88.1 cm³/mol. The molecule has 0 heterocycles. The quantitative estimate of drug-likeness (QED) is 0.810. The summed E-state index contributed by atoms with van der Waals surface area (Å²) < 4.78 is 0. The molecule has 0 atom stereocenters. The third-order valence-electron chi connectivity index (χ3n) is 4.67. The molecule has 1 aromatic carbocycles. The van der Waals surface area contributed by atoms with Crippen LogP contribution in [0.15, 0.2) is 24.3 Å². The second-order valence-corrected chi connectivity index (χ2v) is 6.83. The molecule has 0 amide bonds. The molecule has 118 valence electrons. The Bertz CT molecular complexity index is 425. The Morgan fingerprint density at radius 2 is 1.76 bits per heavy atom. The highest BCUT2D eigenvalue weighted by molar-refractivity contribution is 5.26. The molecule has 1 aliphatic rings. The van der Waals surface area contributed by atoms with Crippen molar-refractivity contribution in [3.63, 3.8) is 0 Å². The normalized spacial score (nSPS) is 18.1. The van der Waals surface area contributed by atoms with Gasteiger partial charge in [0.2, 0.25) is 0 Å². The summed E-state index contributed by atoms with van der Waals surface area (Å²) in [6, 6.07) is 8.63. The van der Waals surface area contributed by atoms with Crippen LogP contribution in [0.25, 0.3) is 0 Å². The predicted octanol–water partition coefficient (Wildman–Crippen LogP) is 2.78. The molecule has 1 aromatic rings. The van der Waals surface area contributed by atoms with Gasteiger partial charge in [-0.25, -0.2) is 0 Å². The molecular formula is C18H30N2O. The summed E-state index contributed by atoms with van der Waals surface area (Å²) in [7, 11) is 4.21. The molecule has 2 rings (SSSR count). The van der Waals surface area contributed by atoms with E-state index in [0.717, 1.165) is 32.5 Å². The van der Waals surface area contributed by atoms with Crippen LogP contribution in [0.4, 0.5) is 0 Å². The highest BCUT2D eigenvalue weighted by atomic mass is 16.3. The zero-order chi connectivity index (χ0) is 15.1. The topological polar surface area (TPSA) is 35.5 Å². The Labute approximate surface area is 129 Å². The number of aliphatic hydroxyl groups is 1. The minimum absolute atomic E-state index is 0.120. The number of hydrogen-bond acceptors (Lipinski definition) is 3. The first-order chi connectivity index (χ1) is 10.2. The number of nitrogens with zero attached hydrogens (tertiary/aromatic N) is 1. The fourth-order valence-corrected chi connectivity index (χ4v) is 3.38. The monoisotopic (exact) mass is 290 g/mol. The summed E-state index contributed by atoms with van der Waals surface area (Å²) in [5.74, 6) is 0. The van der Waals surface area contributed by atoms with E-state index in [-0.39, 0.29) is 5.41 Å². The van der Waals surface area contributed by atoms with Crippen LogP contribution in [0.3, 0.4) is 0 Å². The van der Waals surface area contributed by atoms with Crippen LogP contribution in [-0.2, 0) is 13.1 Å². The van der Waals surface area contributed by atoms with Crippen molar-refractivity contribution in [2.24, 2.45) is 5.41 Å². The third-order valence-corrected chi connectivity index (χ3v) is 4.67. The molecule has 0 saturated heterocycles. The van der Waals surface area contributed by atoms with Gasteiger partial charge >= 0.3 is 0 Å². The Kier molecular flexibility index (Phi) is 6.22. The van der Waals surface area contributed by atoms with E-state index >= 15 is 0 Å². The first-order valence-electron chi connectivity index (χ1n) is 8.18. The molecule has 1 fully saturated rings. The van der Waals surface area contributed by atoms with Crippen molar-refractivity contribution in [1.29, 1.82) is 0 Å². The van der Waals surface area contributed by atoms with Gasteiger partial charge in [0.1, 0.15) is 0 Å². The van der Waals surface area contributed by atoms with Gasteiger partial charge in [-0.1, -0.05) is 43.5 Å². The van der Waals surface area contributed by atoms with Crippen LogP contribution in [0, 0.1) is 5.41 Å². The lowest BCUT2D eigenvalue weighted by Gasteiger charge is -2.36. The van der Waals surface area contributed by atoms with Gasteiger partial charge in [-0.15, -0.1) is 0 Å². The van der Waals surface area contributed by atoms with Gasteiger partial charge in [0.25, 0.3) is 0 Å². The molecular weight excluding hydrogens is 260 g/mol. The van der Waals surface area contributed by atoms with Gasteiger partial charge in [0.05, 0.1) is 0 Å². The minimum Gasteiger partial charge on any atom is -0.396 e. The van der Waals surface area contributed by atoms with E-state index in [1.54, 1.807) is 0 Å². The van der Waals surface area contributed by atoms with Crippen LogP contribution >= 0.6 is 0 Å². The summed E-state index contributed by atoms with van der Waals surface area (Å²) in [5, 5.41) is 13.4. The Morgan fingerprint density at radius 3 is 2.38 bits per heavy atom. The maximum Gasteiger partial charge on any atom is 0.0499 e. The molecule has 0 radical (unpaired) electrons. The van der Waals surface area contributed by atoms with Gasteiger partial charge < -0.3 is 15.3 Å². The SMILES string of the molecule is CN(C)Cc1ccccc1CNCC1(CO)CCCCC1. The van der Waals surface area contributed by atoms with E-state index in [9.17, 15) is 5.11 Å². The largest absolute Gasteiger partial charge is 0.396 e. The number of nitrogens with one attached hydrogen (secondary N) is 1. The smallest absolute Gasteiger partial charge is 0.0499 e. The zero-order valence-electron chi connectivity index (χ0n) is 13.6. The van der Waals surface area contributed by atoms with Crippen LogP contribution in [-0.4, -0.2) is 37.3 Å². The van der Waals surface area contributed by atoms with Crippen LogP contribution in [0.2, 0.25) is 0 Å². The molecule has 0 aromatic heterocycles. The lowest BCUT2D eigenvalue weighted by molar-refractivity contribution is 0.0810. The van der Waals surface area contributed by atoms with E-state index in [1.165, 1.54) is 30.4 Å². The molecule has 21 heavy (non-hydrogen) atoms. The van der Waals surface area contributed by atoms with E-state index in [0.29, 0.717) is 6.61 Å². The number of hydrogen-bond donors (Lipinski definition) is 2. The first-order valence-corrected chi connectivity index (χ1v) is 8.18. The van der Waals surface area contributed by atoms with Crippen molar-refractivity contribution < 1.29 is 5.11 Å². The number of rotatable bonds is 7. The molecule has 3 nitrogen and oxygen atoms in total. The average Bonchev–Trinajstić information content (AvgIpc) is 2.49. The highest BCUT2D eigenvalue weighted by Crippen LogP contribution is 2.35. The van der Waals surface area contributed by atoms with Gasteiger partial charge in [-0.3, -0.25) is 0 Å². The average molecular weight is 290 g/mol. The molecule has 2 N–H and O–H groups in total. The first kappa shape index (κ1) is 16.5. The van der Waals surface area contributed by atoms with Gasteiger partial charge in [0.15, 0.2) is 0 Å². The summed E-state index contributed by atoms with van der Waals surface area (Å²) in [5.41, 5.74) is 2.88. The van der Waals surface area contributed by atoms with Crippen LogP contribution in [0.5, 0.6) is 0 Å². The number of aliphatic hydroxyl groups excluding tert-OH is 1. The van der Waals surface area contributed by atoms with E-state index in [2.05, 4.69) is 48.6 Å². The minimum atomic E-state index is 0.120. The lowest BCUT2D eigenvalue weighted by Crippen LogP contribution is -2.39. The zero-order valence-corrected chi connectivity index (χ0v) is 13.6. The van der Waals surface area contributed by atoms with Gasteiger partial charge in [-0.05, 0) is 38.1 Å². The molecule has 0 spiro atoms. The maximum atomic E-state index is 9.77. The standard InChI is InChI=1S/C18H30N2O/c1-20(2)13-17-9-5-4-8-16(17)12-19-14-18(15-21)10-6-3-7-11-18/h4-5,8-9,19,21H,3,6-7,10-15H2,1-2H3. The maximum absolute atomic E-state index is 9.77. The Morgan fingerprint density at radius 1 is 1.10 bits per heavy atom. The van der Waals surface area contributed by atoms with Crippen molar-refractivity contribution >= 4 is 0 Å². The van der Waals surface area contributed by atoms with Crippen molar-refractivity contribution in [2.45, 2.75) is 45.2 Å². The van der Waals surface area contributed by atoms with Gasteiger partial charge in [-0.2, -0.15) is 0 Å². The number of benzene rings is 1. The van der Waals surface area contributed by atoms with Crippen LogP contribution < -0.4 is 5.32 Å². The highest BCUT2D eigenvalue weighted by Gasteiger charge is 2.30. The van der Waals surface area contributed by atoms with E-state index in [4.69, 9.17) is 0 Å². The molecule has 0 bridgehead atoms. The molecule has 1 aliphatic carbocycles. The summed E-state index contributed by atoms with van der Waals surface area (Å²) >= 11 is 0. The van der Waals surface area contributed by atoms with Gasteiger partial charge in [0, 0.05) is 31.7 Å². The second kappa shape index (κ2) is 7.92. The summed E-state index contributed by atoms with van der Waals surface area (Å²) in [6.45, 7) is 3.12. The molecule has 0 unspecified atom stereocenters. The van der Waals surface area contributed by atoms with Crippen molar-refractivity contribution in [2.75, 3.05) is 27.2 Å². The Hall–Kier alpha value is -0.900. The summed E-state index contributed by atoms with van der Waals surface area (Å²) in [6.07, 6.45) is 6.18. The van der Waals surface area contributed by atoms with E-state index < -0.39 is 0 Å². The van der Waals surface area contributed by atoms with Crippen molar-refractivity contribution in [1.82, 2.24) is 10.2 Å². The fraction of sp³-hybridized carbons (Fsp3) is 0.667. The molecule has 0 aliphatic heterocycles. The molecule has 1 saturated carbocycles. The third kappa shape index (κ3) is 4.80. The van der Waals surface area contributed by atoms with Crippen molar-refractivity contribution in [3.8, 4) is 0 Å². The molecule has 3 heteroatoms. The Balaban J connectivity index is 1.90. The van der Waals surface area contributed by atoms with Crippen LogP contribution in [0.1, 0.15) is 43.2 Å². The van der Waals surface area contributed by atoms with Crippen molar-refractivity contribution in [3.05, 3.63) is 35.4 Å². The lowest BCUT2D eigenvalue weighted by atomic mass is 9.74.